The Morgan fingerprint density at radius 3 is 2.70 bits per heavy atom. The predicted molar refractivity (Wildman–Crippen MR) is 80.4 cm³/mol. The molecule has 1 aromatic carbocycles. The van der Waals surface area contributed by atoms with Crippen LogP contribution in [0.25, 0.3) is 0 Å². The van der Waals surface area contributed by atoms with E-state index in [4.69, 9.17) is 0 Å². The highest BCUT2D eigenvalue weighted by atomic mass is 19.1. The summed E-state index contributed by atoms with van der Waals surface area (Å²) >= 11 is 0. The Balaban J connectivity index is 2.07. The maximum absolute atomic E-state index is 13.2. The van der Waals surface area contributed by atoms with Crippen LogP contribution in [-0.2, 0) is 6.42 Å². The number of hydrogen-bond donors (Lipinski definition) is 1. The fourth-order valence-corrected chi connectivity index (χ4v) is 3.11. The third-order valence-corrected chi connectivity index (χ3v) is 4.51. The van der Waals surface area contributed by atoms with Crippen LogP contribution in [0.5, 0.6) is 0 Å². The van der Waals surface area contributed by atoms with E-state index in [2.05, 4.69) is 18.7 Å². The average molecular weight is 279 g/mol. The van der Waals surface area contributed by atoms with Crippen LogP contribution in [-0.4, -0.2) is 34.7 Å². The van der Waals surface area contributed by atoms with Crippen molar-refractivity contribution in [1.82, 2.24) is 4.90 Å². The van der Waals surface area contributed by atoms with Crippen LogP contribution in [0.2, 0.25) is 0 Å². The van der Waals surface area contributed by atoms with Crippen molar-refractivity contribution in [1.29, 1.82) is 0 Å². The summed E-state index contributed by atoms with van der Waals surface area (Å²) in [5.74, 6) is -0.204. The van der Waals surface area contributed by atoms with Gasteiger partial charge in [-0.05, 0) is 69.8 Å². The van der Waals surface area contributed by atoms with Gasteiger partial charge >= 0.3 is 0 Å². The Labute approximate surface area is 121 Å². The molecule has 0 radical (unpaired) electrons. The van der Waals surface area contributed by atoms with Crippen LogP contribution in [0.3, 0.4) is 0 Å². The van der Waals surface area contributed by atoms with E-state index in [0.29, 0.717) is 12.5 Å². The van der Waals surface area contributed by atoms with E-state index in [1.165, 1.54) is 6.07 Å². The molecule has 2 rings (SSSR count). The molecule has 0 amide bonds. The van der Waals surface area contributed by atoms with Gasteiger partial charge in [0.05, 0.1) is 5.60 Å². The van der Waals surface area contributed by atoms with E-state index in [0.717, 1.165) is 43.5 Å². The van der Waals surface area contributed by atoms with E-state index in [-0.39, 0.29) is 5.82 Å². The van der Waals surface area contributed by atoms with Crippen molar-refractivity contribution in [2.24, 2.45) is 0 Å². The van der Waals surface area contributed by atoms with E-state index in [9.17, 15) is 9.50 Å². The number of benzene rings is 1. The zero-order valence-electron chi connectivity index (χ0n) is 12.8. The maximum atomic E-state index is 13.2. The number of nitrogens with zero attached hydrogens (tertiary/aromatic N) is 1. The van der Waals surface area contributed by atoms with Gasteiger partial charge in [-0.25, -0.2) is 4.39 Å². The van der Waals surface area contributed by atoms with Crippen LogP contribution in [0, 0.1) is 12.7 Å². The second kappa shape index (κ2) is 6.23. The molecule has 1 fully saturated rings. The molecule has 112 valence electrons. The molecule has 0 saturated carbocycles. The summed E-state index contributed by atoms with van der Waals surface area (Å²) in [6, 6.07) is 5.39. The third-order valence-electron chi connectivity index (χ3n) is 4.51. The maximum Gasteiger partial charge on any atom is 0.123 e. The first-order chi connectivity index (χ1) is 9.39. The number of rotatable bonds is 3. The zero-order valence-corrected chi connectivity index (χ0v) is 12.8. The molecule has 1 unspecified atom stereocenters. The van der Waals surface area contributed by atoms with Gasteiger partial charge in [0.1, 0.15) is 5.82 Å². The van der Waals surface area contributed by atoms with Crippen LogP contribution in [0.1, 0.15) is 44.2 Å². The van der Waals surface area contributed by atoms with E-state index in [1.54, 1.807) is 6.07 Å². The van der Waals surface area contributed by atoms with Crippen molar-refractivity contribution >= 4 is 0 Å². The van der Waals surface area contributed by atoms with Gasteiger partial charge in [-0.15, -0.1) is 0 Å². The first kappa shape index (κ1) is 15.5. The Morgan fingerprint density at radius 2 is 2.05 bits per heavy atom. The number of aliphatic hydroxyl groups is 1. The molecular weight excluding hydrogens is 253 g/mol. The van der Waals surface area contributed by atoms with Crippen molar-refractivity contribution in [3.63, 3.8) is 0 Å². The van der Waals surface area contributed by atoms with Gasteiger partial charge in [-0.2, -0.15) is 0 Å². The first-order valence-corrected chi connectivity index (χ1v) is 7.61. The van der Waals surface area contributed by atoms with Crippen molar-refractivity contribution < 1.29 is 9.50 Å². The molecule has 1 aromatic rings. The molecule has 20 heavy (non-hydrogen) atoms. The molecule has 1 saturated heterocycles. The minimum atomic E-state index is -0.647. The highest BCUT2D eigenvalue weighted by Crippen LogP contribution is 2.28. The number of aryl methyl sites for hydroxylation is 1. The lowest BCUT2D eigenvalue weighted by molar-refractivity contribution is 0.0247. The van der Waals surface area contributed by atoms with Gasteiger partial charge in [-0.1, -0.05) is 6.07 Å². The second-order valence-electron chi connectivity index (χ2n) is 6.46. The van der Waals surface area contributed by atoms with Crippen molar-refractivity contribution in [3.05, 3.63) is 35.1 Å². The summed E-state index contributed by atoms with van der Waals surface area (Å²) in [7, 11) is 0. The van der Waals surface area contributed by atoms with Crippen molar-refractivity contribution in [2.45, 2.75) is 58.1 Å². The zero-order chi connectivity index (χ0) is 14.8. The van der Waals surface area contributed by atoms with Crippen molar-refractivity contribution in [3.8, 4) is 0 Å². The number of hydrogen-bond acceptors (Lipinski definition) is 2. The molecule has 1 aliphatic heterocycles. The van der Waals surface area contributed by atoms with Crippen molar-refractivity contribution in [2.75, 3.05) is 13.1 Å². The van der Waals surface area contributed by atoms with Gasteiger partial charge in [0.25, 0.3) is 0 Å². The summed E-state index contributed by atoms with van der Waals surface area (Å²) in [5.41, 5.74) is 1.35. The Kier molecular flexibility index (Phi) is 4.82. The number of likely N-dealkylation sites (tertiary alicyclic amines) is 1. The standard InChI is InChI=1S/C17H26FNO/c1-13(2)19-9-4-7-17(20,8-10-19)12-15-5-6-16(18)11-14(15)3/h5-6,11,13,20H,4,7-10,12H2,1-3H3. The quantitative estimate of drug-likeness (QED) is 0.917. The predicted octanol–water partition coefficient (Wildman–Crippen LogP) is 3.30. The highest BCUT2D eigenvalue weighted by Gasteiger charge is 2.31. The minimum Gasteiger partial charge on any atom is -0.389 e. The fourth-order valence-electron chi connectivity index (χ4n) is 3.11. The lowest BCUT2D eigenvalue weighted by Gasteiger charge is -2.28. The summed E-state index contributed by atoms with van der Waals surface area (Å²) in [6.07, 6.45) is 3.27. The van der Waals surface area contributed by atoms with Crippen LogP contribution >= 0.6 is 0 Å². The smallest absolute Gasteiger partial charge is 0.123 e. The highest BCUT2D eigenvalue weighted by molar-refractivity contribution is 5.28. The van der Waals surface area contributed by atoms with E-state index < -0.39 is 5.60 Å². The summed E-state index contributed by atoms with van der Waals surface area (Å²) in [4.78, 5) is 2.43. The third kappa shape index (κ3) is 3.80. The molecule has 0 aromatic heterocycles. The van der Waals surface area contributed by atoms with Crippen LogP contribution in [0.15, 0.2) is 18.2 Å². The molecule has 0 aliphatic carbocycles. The van der Waals surface area contributed by atoms with Gasteiger partial charge in [-0.3, -0.25) is 0 Å². The molecule has 2 nitrogen and oxygen atoms in total. The summed E-state index contributed by atoms with van der Waals surface area (Å²) in [6.45, 7) is 8.32. The van der Waals surface area contributed by atoms with E-state index >= 15 is 0 Å². The van der Waals surface area contributed by atoms with Gasteiger partial charge in [0.2, 0.25) is 0 Å². The molecule has 1 N–H and O–H groups in total. The lowest BCUT2D eigenvalue weighted by atomic mass is 9.86. The second-order valence-corrected chi connectivity index (χ2v) is 6.46. The summed E-state index contributed by atoms with van der Waals surface area (Å²) < 4.78 is 13.2. The Hall–Kier alpha value is -0.930. The SMILES string of the molecule is Cc1cc(F)ccc1CC1(O)CCCN(C(C)C)CC1. The molecule has 0 spiro atoms. The van der Waals surface area contributed by atoms with Crippen LogP contribution in [0.4, 0.5) is 4.39 Å². The van der Waals surface area contributed by atoms with Gasteiger partial charge in [0, 0.05) is 19.0 Å². The molecule has 3 heteroatoms. The lowest BCUT2D eigenvalue weighted by Crippen LogP contribution is -2.35. The molecule has 1 atom stereocenters. The monoisotopic (exact) mass is 279 g/mol. The number of halogens is 1. The molecular formula is C17H26FNO. The largest absolute Gasteiger partial charge is 0.389 e. The molecule has 0 bridgehead atoms. The minimum absolute atomic E-state index is 0.204. The van der Waals surface area contributed by atoms with Crippen LogP contribution < -0.4 is 0 Å². The average Bonchev–Trinajstić information content (AvgIpc) is 2.55. The summed E-state index contributed by atoms with van der Waals surface area (Å²) in [5, 5.41) is 10.9. The molecule has 1 heterocycles. The Morgan fingerprint density at radius 1 is 1.30 bits per heavy atom. The Bertz CT molecular complexity index is 460. The topological polar surface area (TPSA) is 23.5 Å². The normalized spacial score (nSPS) is 24.9. The fraction of sp³-hybridized carbons (Fsp3) is 0.647. The molecule has 1 aliphatic rings. The first-order valence-electron chi connectivity index (χ1n) is 7.61. The van der Waals surface area contributed by atoms with Gasteiger partial charge < -0.3 is 10.0 Å². The van der Waals surface area contributed by atoms with E-state index in [1.807, 2.05) is 13.0 Å². The van der Waals surface area contributed by atoms with Gasteiger partial charge in [0.15, 0.2) is 0 Å².